The Morgan fingerprint density at radius 1 is 1.20 bits per heavy atom. The van der Waals surface area contributed by atoms with Gasteiger partial charge in [-0.25, -0.2) is 0 Å². The Morgan fingerprint density at radius 3 is 2.77 bits per heavy atom. The van der Waals surface area contributed by atoms with Crippen molar-refractivity contribution in [2.45, 2.75) is 45.6 Å². The second-order valence-electron chi connectivity index (χ2n) is 8.08. The van der Waals surface area contributed by atoms with Crippen molar-refractivity contribution < 1.29 is 14.3 Å². The van der Waals surface area contributed by atoms with Crippen LogP contribution in [0.3, 0.4) is 0 Å². The minimum atomic E-state index is -0.133. The van der Waals surface area contributed by atoms with E-state index in [2.05, 4.69) is 30.6 Å². The van der Waals surface area contributed by atoms with Crippen LogP contribution in [0.15, 0.2) is 18.2 Å². The maximum absolute atomic E-state index is 12.6. The number of hydrogen-bond acceptors (Lipinski definition) is 6. The monoisotopic (exact) mass is 425 g/mol. The Bertz CT molecular complexity index is 977. The second-order valence-corrected chi connectivity index (χ2v) is 9.19. The third-order valence-corrected chi connectivity index (χ3v) is 6.77. The molecule has 0 radical (unpaired) electrons. The predicted molar refractivity (Wildman–Crippen MR) is 117 cm³/mol. The van der Waals surface area contributed by atoms with Crippen molar-refractivity contribution in [3.05, 3.63) is 39.8 Å². The summed E-state index contributed by atoms with van der Waals surface area (Å²) in [7, 11) is 0. The fourth-order valence-corrected chi connectivity index (χ4v) is 5.35. The van der Waals surface area contributed by atoms with E-state index < -0.39 is 0 Å². The summed E-state index contributed by atoms with van der Waals surface area (Å²) in [6.45, 7) is 5.72. The van der Waals surface area contributed by atoms with Crippen molar-refractivity contribution >= 4 is 22.2 Å². The molecular weight excluding hydrogens is 398 g/mol. The van der Waals surface area contributed by atoms with Crippen molar-refractivity contribution in [2.24, 2.45) is 5.92 Å². The maximum atomic E-state index is 12.6. The second kappa shape index (κ2) is 9.07. The van der Waals surface area contributed by atoms with Crippen LogP contribution in [-0.2, 0) is 17.6 Å². The molecule has 2 aromatic rings. The third kappa shape index (κ3) is 4.30. The molecule has 0 bridgehead atoms. The highest BCUT2D eigenvalue weighted by Crippen LogP contribution is 2.38. The number of nitriles is 1. The Balaban J connectivity index is 1.43. The first kappa shape index (κ1) is 20.7. The summed E-state index contributed by atoms with van der Waals surface area (Å²) in [5.41, 5.74) is 2.83. The minimum Gasteiger partial charge on any atom is -0.490 e. The summed E-state index contributed by atoms with van der Waals surface area (Å²) in [4.78, 5) is 13.9. The number of anilines is 1. The summed E-state index contributed by atoms with van der Waals surface area (Å²) in [6.07, 6.45) is 3.90. The molecule has 2 aliphatic rings. The van der Waals surface area contributed by atoms with Gasteiger partial charge in [-0.15, -0.1) is 11.3 Å². The van der Waals surface area contributed by atoms with Gasteiger partial charge in [0.15, 0.2) is 11.5 Å². The fraction of sp³-hybridized carbons (Fsp3) is 0.478. The van der Waals surface area contributed by atoms with Crippen molar-refractivity contribution in [2.75, 3.05) is 25.1 Å². The Kier molecular flexibility index (Phi) is 6.26. The smallest absolute Gasteiger partial charge is 0.238 e. The van der Waals surface area contributed by atoms with Crippen LogP contribution in [0.25, 0.3) is 0 Å². The van der Waals surface area contributed by atoms with Crippen molar-refractivity contribution in [3.8, 4) is 17.6 Å². The van der Waals surface area contributed by atoms with Gasteiger partial charge in [0.25, 0.3) is 0 Å². The largest absolute Gasteiger partial charge is 0.490 e. The van der Waals surface area contributed by atoms with Gasteiger partial charge in [0.2, 0.25) is 5.91 Å². The molecule has 6 nitrogen and oxygen atoms in total. The molecule has 30 heavy (non-hydrogen) atoms. The molecule has 0 saturated heterocycles. The number of ether oxygens (including phenoxy) is 2. The fourth-order valence-electron chi connectivity index (χ4n) is 4.10. The lowest BCUT2D eigenvalue weighted by atomic mass is 9.95. The molecule has 1 aliphatic heterocycles. The van der Waals surface area contributed by atoms with E-state index in [1.54, 1.807) is 11.3 Å². The van der Waals surface area contributed by atoms with E-state index in [-0.39, 0.29) is 24.4 Å². The van der Waals surface area contributed by atoms with E-state index in [0.717, 1.165) is 48.3 Å². The zero-order valence-electron chi connectivity index (χ0n) is 17.4. The number of fused-ring (bicyclic) bond motifs is 2. The summed E-state index contributed by atoms with van der Waals surface area (Å²) in [5, 5.41) is 16.5. The lowest BCUT2D eigenvalue weighted by Crippen LogP contribution is -2.33. The van der Waals surface area contributed by atoms with Gasteiger partial charge in [-0.05, 0) is 48.4 Å². The number of rotatable bonds is 6. The molecule has 7 heteroatoms. The number of benzene rings is 1. The highest BCUT2D eigenvalue weighted by atomic mass is 32.1. The summed E-state index contributed by atoms with van der Waals surface area (Å²) >= 11 is 1.54. The van der Waals surface area contributed by atoms with Crippen LogP contribution in [0.5, 0.6) is 11.5 Å². The minimum absolute atomic E-state index is 0.00307. The highest BCUT2D eigenvalue weighted by Gasteiger charge is 2.24. The Hall–Kier alpha value is -2.56. The van der Waals surface area contributed by atoms with E-state index in [1.165, 1.54) is 4.88 Å². The zero-order valence-corrected chi connectivity index (χ0v) is 18.2. The number of nitrogens with one attached hydrogen (secondary N) is 2. The standard InChI is InChI=1S/C23H27N3O3S/c1-14(2)22(15-7-8-18-19(11-15)29-10-4-9-28-18)25-13-21(27)26-23-17(12-24)16-5-3-6-20(16)30-23/h7-8,11,14,22,25H,3-6,9-10,13H2,1-2H3,(H,26,27)/t22-/m1/s1. The molecule has 0 spiro atoms. The number of aryl methyl sites for hydroxylation is 1. The SMILES string of the molecule is CC(C)[C@@H](NCC(=O)Nc1sc2c(c1C#N)CCC2)c1ccc2c(c1)OCCCO2. The molecule has 1 aromatic carbocycles. The van der Waals surface area contributed by atoms with Gasteiger partial charge in [0, 0.05) is 17.3 Å². The van der Waals surface area contributed by atoms with E-state index in [1.807, 2.05) is 18.2 Å². The number of hydrogen-bond donors (Lipinski definition) is 2. The van der Waals surface area contributed by atoms with Crippen molar-refractivity contribution in [1.82, 2.24) is 5.32 Å². The van der Waals surface area contributed by atoms with Gasteiger partial charge in [-0.1, -0.05) is 19.9 Å². The number of nitrogens with zero attached hydrogens (tertiary/aromatic N) is 1. The number of carbonyl (C=O) groups excluding carboxylic acids is 1. The average Bonchev–Trinajstić information content (AvgIpc) is 3.20. The number of carbonyl (C=O) groups is 1. The quantitative estimate of drug-likeness (QED) is 0.725. The molecule has 0 unspecified atom stereocenters. The summed E-state index contributed by atoms with van der Waals surface area (Å²) < 4.78 is 11.5. The van der Waals surface area contributed by atoms with Crippen molar-refractivity contribution in [1.29, 1.82) is 5.26 Å². The first-order valence-electron chi connectivity index (χ1n) is 10.5. The van der Waals surface area contributed by atoms with Crippen LogP contribution in [0.4, 0.5) is 5.00 Å². The molecule has 0 fully saturated rings. The Morgan fingerprint density at radius 2 is 2.00 bits per heavy atom. The topological polar surface area (TPSA) is 83.4 Å². The van der Waals surface area contributed by atoms with E-state index in [4.69, 9.17) is 9.47 Å². The maximum Gasteiger partial charge on any atom is 0.238 e. The third-order valence-electron chi connectivity index (χ3n) is 5.57. The van der Waals surface area contributed by atoms with Crippen LogP contribution in [-0.4, -0.2) is 25.7 Å². The average molecular weight is 426 g/mol. The van der Waals surface area contributed by atoms with Gasteiger partial charge in [0.1, 0.15) is 11.1 Å². The highest BCUT2D eigenvalue weighted by molar-refractivity contribution is 7.16. The zero-order chi connectivity index (χ0) is 21.1. The molecular formula is C23H27N3O3S. The number of thiophene rings is 1. The van der Waals surface area contributed by atoms with E-state index >= 15 is 0 Å². The van der Waals surface area contributed by atoms with Gasteiger partial charge in [-0.3, -0.25) is 4.79 Å². The normalized spacial score (nSPS) is 15.9. The van der Waals surface area contributed by atoms with Gasteiger partial charge >= 0.3 is 0 Å². The summed E-state index contributed by atoms with van der Waals surface area (Å²) in [6, 6.07) is 8.25. The van der Waals surface area contributed by atoms with Crippen LogP contribution < -0.4 is 20.1 Å². The van der Waals surface area contributed by atoms with Gasteiger partial charge in [-0.2, -0.15) is 5.26 Å². The molecule has 1 aromatic heterocycles. The predicted octanol–water partition coefficient (Wildman–Crippen LogP) is 4.20. The van der Waals surface area contributed by atoms with E-state index in [0.29, 0.717) is 23.8 Å². The first-order chi connectivity index (χ1) is 14.6. The molecule has 4 rings (SSSR count). The lowest BCUT2D eigenvalue weighted by Gasteiger charge is -2.23. The number of amides is 1. The molecule has 2 heterocycles. The van der Waals surface area contributed by atoms with E-state index in [9.17, 15) is 10.1 Å². The molecule has 2 N–H and O–H groups in total. The van der Waals surface area contributed by atoms with Gasteiger partial charge in [0.05, 0.1) is 25.3 Å². The molecule has 0 saturated carbocycles. The van der Waals surface area contributed by atoms with Crippen LogP contribution in [0.2, 0.25) is 0 Å². The lowest BCUT2D eigenvalue weighted by molar-refractivity contribution is -0.115. The Labute approximate surface area is 181 Å². The molecule has 1 aliphatic carbocycles. The van der Waals surface area contributed by atoms with Crippen LogP contribution in [0, 0.1) is 17.2 Å². The van der Waals surface area contributed by atoms with Gasteiger partial charge < -0.3 is 20.1 Å². The first-order valence-corrected chi connectivity index (χ1v) is 11.4. The van der Waals surface area contributed by atoms with Crippen molar-refractivity contribution in [3.63, 3.8) is 0 Å². The molecule has 1 amide bonds. The molecule has 1 atom stereocenters. The molecule has 158 valence electrons. The summed E-state index contributed by atoms with van der Waals surface area (Å²) in [5.74, 6) is 1.68. The van der Waals surface area contributed by atoms with Crippen LogP contribution >= 0.6 is 11.3 Å². The van der Waals surface area contributed by atoms with Crippen LogP contribution in [0.1, 0.15) is 54.3 Å².